The first-order chi connectivity index (χ1) is 13.7. The number of hydrogen-bond donors (Lipinski definition) is 1. The zero-order valence-corrected chi connectivity index (χ0v) is 16.2. The predicted octanol–water partition coefficient (Wildman–Crippen LogP) is 2.89. The molecule has 0 radical (unpaired) electrons. The fraction of sp³-hybridized carbons (Fsp3) is 0.364. The van der Waals surface area contributed by atoms with E-state index in [0.717, 1.165) is 56.3 Å². The van der Waals surface area contributed by atoms with Gasteiger partial charge in [-0.2, -0.15) is 0 Å². The summed E-state index contributed by atoms with van der Waals surface area (Å²) >= 11 is 0. The quantitative estimate of drug-likeness (QED) is 0.786. The van der Waals surface area contributed by atoms with Crippen molar-refractivity contribution in [3.63, 3.8) is 0 Å². The highest BCUT2D eigenvalue weighted by Crippen LogP contribution is 2.31. The molecule has 4 rings (SSSR count). The maximum absolute atomic E-state index is 12.2. The predicted molar refractivity (Wildman–Crippen MR) is 113 cm³/mol. The van der Waals surface area contributed by atoms with Gasteiger partial charge in [0, 0.05) is 57.4 Å². The van der Waals surface area contributed by atoms with Gasteiger partial charge in [0.05, 0.1) is 12.3 Å². The van der Waals surface area contributed by atoms with Crippen LogP contribution in [0.3, 0.4) is 0 Å². The third-order valence-corrected chi connectivity index (χ3v) is 5.41. The minimum atomic E-state index is -0.323. The third-order valence-electron chi connectivity index (χ3n) is 5.41. The van der Waals surface area contributed by atoms with Crippen LogP contribution in [-0.4, -0.2) is 63.5 Å². The number of carbonyl (C=O) groups is 1. The SMILES string of the molecule is COCCN1CCN(c2ccc(N=CC3C(=O)Nc4ccccc43)cc2)CC1. The number of anilines is 2. The molecule has 6 heteroatoms. The number of fused-ring (bicyclic) bond motifs is 1. The van der Waals surface area contributed by atoms with Crippen molar-refractivity contribution < 1.29 is 9.53 Å². The molecule has 1 atom stereocenters. The normalized spacial score (nSPS) is 19.8. The average Bonchev–Trinajstić information content (AvgIpc) is 3.06. The Bertz CT molecular complexity index is 842. The van der Waals surface area contributed by atoms with E-state index in [1.165, 1.54) is 5.69 Å². The van der Waals surface area contributed by atoms with E-state index in [1.807, 2.05) is 36.4 Å². The van der Waals surface area contributed by atoms with E-state index in [2.05, 4.69) is 32.2 Å². The maximum atomic E-state index is 12.2. The number of benzene rings is 2. The van der Waals surface area contributed by atoms with Crippen LogP contribution in [-0.2, 0) is 9.53 Å². The van der Waals surface area contributed by atoms with Gasteiger partial charge >= 0.3 is 0 Å². The van der Waals surface area contributed by atoms with E-state index in [9.17, 15) is 4.79 Å². The Morgan fingerprint density at radius 1 is 1.11 bits per heavy atom. The van der Waals surface area contributed by atoms with Gasteiger partial charge in [-0.05, 0) is 35.9 Å². The first-order valence-corrected chi connectivity index (χ1v) is 9.75. The van der Waals surface area contributed by atoms with E-state index in [-0.39, 0.29) is 11.8 Å². The lowest BCUT2D eigenvalue weighted by molar-refractivity contribution is -0.115. The maximum Gasteiger partial charge on any atom is 0.237 e. The summed E-state index contributed by atoms with van der Waals surface area (Å²) in [6.45, 7) is 5.93. The molecular formula is C22H26N4O2. The summed E-state index contributed by atoms with van der Waals surface area (Å²) < 4.78 is 5.16. The Kier molecular flexibility index (Phi) is 5.69. The molecule has 0 bridgehead atoms. The fourth-order valence-corrected chi connectivity index (χ4v) is 3.74. The van der Waals surface area contributed by atoms with E-state index in [1.54, 1.807) is 13.3 Å². The highest BCUT2D eigenvalue weighted by molar-refractivity contribution is 6.12. The number of hydrogen-bond acceptors (Lipinski definition) is 5. The molecule has 28 heavy (non-hydrogen) atoms. The van der Waals surface area contributed by atoms with E-state index in [4.69, 9.17) is 4.74 Å². The van der Waals surface area contributed by atoms with Crippen LogP contribution in [0.15, 0.2) is 53.5 Å². The molecule has 1 N–H and O–H groups in total. The first-order valence-electron chi connectivity index (χ1n) is 9.75. The summed E-state index contributed by atoms with van der Waals surface area (Å²) in [5, 5.41) is 2.90. The van der Waals surface area contributed by atoms with Crippen LogP contribution in [0, 0.1) is 0 Å². The summed E-state index contributed by atoms with van der Waals surface area (Å²) in [5.41, 5.74) is 3.94. The van der Waals surface area contributed by atoms with Gasteiger partial charge in [0.1, 0.15) is 5.92 Å². The van der Waals surface area contributed by atoms with Gasteiger partial charge in [0.15, 0.2) is 0 Å². The fourth-order valence-electron chi connectivity index (χ4n) is 3.74. The van der Waals surface area contributed by atoms with Crippen LogP contribution in [0.5, 0.6) is 0 Å². The monoisotopic (exact) mass is 378 g/mol. The zero-order chi connectivity index (χ0) is 19.3. The van der Waals surface area contributed by atoms with Crippen molar-refractivity contribution in [1.29, 1.82) is 0 Å². The van der Waals surface area contributed by atoms with Crippen LogP contribution in [0.4, 0.5) is 17.1 Å². The van der Waals surface area contributed by atoms with Crippen LogP contribution in [0.2, 0.25) is 0 Å². The van der Waals surface area contributed by atoms with Crippen molar-refractivity contribution in [2.75, 3.05) is 56.7 Å². The Morgan fingerprint density at radius 2 is 1.86 bits per heavy atom. The second-order valence-corrected chi connectivity index (χ2v) is 7.17. The van der Waals surface area contributed by atoms with E-state index >= 15 is 0 Å². The van der Waals surface area contributed by atoms with E-state index < -0.39 is 0 Å². The highest BCUT2D eigenvalue weighted by atomic mass is 16.5. The molecule has 2 aromatic rings. The molecule has 0 saturated carbocycles. The lowest BCUT2D eigenvalue weighted by Crippen LogP contribution is -2.47. The van der Waals surface area contributed by atoms with Crippen molar-refractivity contribution in [2.45, 2.75) is 5.92 Å². The van der Waals surface area contributed by atoms with E-state index in [0.29, 0.717) is 0 Å². The molecule has 2 aromatic carbocycles. The lowest BCUT2D eigenvalue weighted by atomic mass is 10.0. The number of methoxy groups -OCH3 is 1. The molecule has 146 valence electrons. The largest absolute Gasteiger partial charge is 0.383 e. The number of aliphatic imine (C=N–C) groups is 1. The zero-order valence-electron chi connectivity index (χ0n) is 16.2. The molecule has 0 spiro atoms. The van der Waals surface area contributed by atoms with Gasteiger partial charge in [-0.1, -0.05) is 18.2 Å². The van der Waals surface area contributed by atoms with Gasteiger partial charge in [-0.25, -0.2) is 0 Å². The molecule has 6 nitrogen and oxygen atoms in total. The number of piperazine rings is 1. The van der Waals surface area contributed by atoms with Crippen molar-refractivity contribution in [3.05, 3.63) is 54.1 Å². The molecule has 2 heterocycles. The topological polar surface area (TPSA) is 57.2 Å². The molecular weight excluding hydrogens is 352 g/mol. The Hall–Kier alpha value is -2.70. The minimum absolute atomic E-state index is 0.0204. The smallest absolute Gasteiger partial charge is 0.237 e. The number of nitrogens with one attached hydrogen (secondary N) is 1. The van der Waals surface area contributed by atoms with Crippen molar-refractivity contribution in [3.8, 4) is 0 Å². The number of rotatable bonds is 6. The Labute approximate surface area is 165 Å². The molecule has 1 unspecified atom stereocenters. The highest BCUT2D eigenvalue weighted by Gasteiger charge is 2.28. The van der Waals surface area contributed by atoms with Gasteiger partial charge < -0.3 is 15.0 Å². The summed E-state index contributed by atoms with van der Waals surface area (Å²) in [6.07, 6.45) is 1.74. The van der Waals surface area contributed by atoms with Gasteiger partial charge in [-0.15, -0.1) is 0 Å². The first kappa shape index (κ1) is 18.7. The Balaban J connectivity index is 1.37. The second kappa shape index (κ2) is 8.54. The summed E-state index contributed by atoms with van der Waals surface area (Å²) in [4.78, 5) is 21.6. The van der Waals surface area contributed by atoms with Crippen LogP contribution >= 0.6 is 0 Å². The third kappa shape index (κ3) is 4.08. The van der Waals surface area contributed by atoms with Crippen LogP contribution < -0.4 is 10.2 Å². The van der Waals surface area contributed by atoms with Gasteiger partial charge in [0.25, 0.3) is 0 Å². The Morgan fingerprint density at radius 3 is 2.61 bits per heavy atom. The molecule has 2 aliphatic heterocycles. The molecule has 0 aromatic heterocycles. The number of carbonyl (C=O) groups excluding carboxylic acids is 1. The lowest BCUT2D eigenvalue weighted by Gasteiger charge is -2.36. The van der Waals surface area contributed by atoms with Crippen LogP contribution in [0.25, 0.3) is 0 Å². The standard InChI is InChI=1S/C22H26N4O2/c1-28-15-14-25-10-12-26(13-11-25)18-8-6-17(7-9-18)23-16-20-19-4-2-3-5-21(19)24-22(20)27/h2-9,16,20H,10-15H2,1H3,(H,24,27). The van der Waals surface area contributed by atoms with Gasteiger partial charge in [-0.3, -0.25) is 14.7 Å². The van der Waals surface area contributed by atoms with Crippen LogP contribution in [0.1, 0.15) is 11.5 Å². The average molecular weight is 378 g/mol. The summed E-state index contributed by atoms with van der Waals surface area (Å²) in [6, 6.07) is 16.0. The van der Waals surface area contributed by atoms with Crippen molar-refractivity contribution in [1.82, 2.24) is 4.90 Å². The number of amides is 1. The molecule has 1 fully saturated rings. The van der Waals surface area contributed by atoms with Crippen molar-refractivity contribution in [2.24, 2.45) is 4.99 Å². The minimum Gasteiger partial charge on any atom is -0.383 e. The molecule has 2 aliphatic rings. The molecule has 1 saturated heterocycles. The molecule has 0 aliphatic carbocycles. The number of ether oxygens (including phenoxy) is 1. The van der Waals surface area contributed by atoms with Crippen molar-refractivity contribution >= 4 is 29.2 Å². The molecule has 1 amide bonds. The summed E-state index contributed by atoms with van der Waals surface area (Å²) in [5.74, 6) is -0.344. The van der Waals surface area contributed by atoms with Gasteiger partial charge in [0.2, 0.25) is 5.91 Å². The number of nitrogens with zero attached hydrogens (tertiary/aromatic N) is 3. The second-order valence-electron chi connectivity index (χ2n) is 7.17. The number of para-hydroxylation sites is 1. The summed E-state index contributed by atoms with van der Waals surface area (Å²) in [7, 11) is 1.75.